The predicted molar refractivity (Wildman–Crippen MR) is 86.4 cm³/mol. The number of halogens is 2. The van der Waals surface area contributed by atoms with Crippen molar-refractivity contribution in [2.75, 3.05) is 0 Å². The van der Waals surface area contributed by atoms with Gasteiger partial charge in [0.1, 0.15) is 11.5 Å². The number of ether oxygens (including phenoxy) is 1. The molecule has 3 heteroatoms. The Morgan fingerprint density at radius 1 is 1.10 bits per heavy atom. The topological polar surface area (TPSA) is 9.23 Å². The van der Waals surface area contributed by atoms with E-state index < -0.39 is 0 Å². The van der Waals surface area contributed by atoms with Crippen LogP contribution in [0.4, 0.5) is 0 Å². The summed E-state index contributed by atoms with van der Waals surface area (Å²) in [7, 11) is 0. The van der Waals surface area contributed by atoms with E-state index in [-0.39, 0.29) is 0 Å². The van der Waals surface area contributed by atoms with Crippen LogP contribution in [-0.4, -0.2) is 0 Å². The second-order valence-electron chi connectivity index (χ2n) is 5.13. The highest BCUT2D eigenvalue weighted by molar-refractivity contribution is 6.32. The molecule has 0 unspecified atom stereocenters. The number of aryl methyl sites for hydroxylation is 1. The third-order valence-electron chi connectivity index (χ3n) is 3.31. The van der Waals surface area contributed by atoms with Gasteiger partial charge in [0, 0.05) is 10.6 Å². The van der Waals surface area contributed by atoms with Crippen molar-refractivity contribution in [3.63, 3.8) is 0 Å². The number of benzene rings is 2. The van der Waals surface area contributed by atoms with Crippen molar-refractivity contribution in [1.29, 1.82) is 0 Å². The fraction of sp³-hybridized carbons (Fsp3) is 0.294. The highest BCUT2D eigenvalue weighted by Crippen LogP contribution is 2.34. The Balaban J connectivity index is 2.39. The average molecular weight is 309 g/mol. The molecule has 0 aliphatic carbocycles. The van der Waals surface area contributed by atoms with E-state index in [1.807, 2.05) is 25.1 Å². The average Bonchev–Trinajstić information content (AvgIpc) is 2.41. The first-order chi connectivity index (χ1) is 9.52. The lowest BCUT2D eigenvalue weighted by Crippen LogP contribution is -1.95. The van der Waals surface area contributed by atoms with E-state index in [1.54, 1.807) is 0 Å². The molecule has 0 heterocycles. The SMILES string of the molecule is Cc1ccc(C(C)C)cc1Oc1cccc(Cl)c1CCl. The molecule has 0 N–H and O–H groups in total. The smallest absolute Gasteiger partial charge is 0.133 e. The number of rotatable bonds is 4. The summed E-state index contributed by atoms with van der Waals surface area (Å²) in [6.07, 6.45) is 0. The standard InChI is InChI=1S/C17H18Cl2O/c1-11(2)13-8-7-12(3)17(9-13)20-16-6-4-5-15(19)14(16)10-18/h4-9,11H,10H2,1-3H3. The third kappa shape index (κ3) is 3.28. The molecule has 0 radical (unpaired) electrons. The molecule has 2 aromatic carbocycles. The summed E-state index contributed by atoms with van der Waals surface area (Å²) in [5.41, 5.74) is 3.17. The second-order valence-corrected chi connectivity index (χ2v) is 5.81. The zero-order valence-corrected chi connectivity index (χ0v) is 13.4. The summed E-state index contributed by atoms with van der Waals surface area (Å²) in [6, 6.07) is 11.9. The molecule has 20 heavy (non-hydrogen) atoms. The molecule has 0 atom stereocenters. The van der Waals surface area contributed by atoms with Crippen molar-refractivity contribution in [2.45, 2.75) is 32.6 Å². The molecule has 0 aliphatic heterocycles. The minimum atomic E-state index is 0.331. The maximum atomic E-state index is 6.15. The van der Waals surface area contributed by atoms with Crippen LogP contribution in [0.25, 0.3) is 0 Å². The number of alkyl halides is 1. The third-order valence-corrected chi connectivity index (χ3v) is 3.93. The monoisotopic (exact) mass is 308 g/mol. The van der Waals surface area contributed by atoms with E-state index in [1.165, 1.54) is 5.56 Å². The van der Waals surface area contributed by atoms with Crippen LogP contribution in [-0.2, 0) is 5.88 Å². The lowest BCUT2D eigenvalue weighted by molar-refractivity contribution is 0.473. The highest BCUT2D eigenvalue weighted by atomic mass is 35.5. The predicted octanol–water partition coefficient (Wildman–Crippen LogP) is 6.30. The zero-order valence-electron chi connectivity index (χ0n) is 11.9. The van der Waals surface area contributed by atoms with Crippen LogP contribution in [0.5, 0.6) is 11.5 Å². The largest absolute Gasteiger partial charge is 0.457 e. The molecule has 0 saturated heterocycles. The van der Waals surface area contributed by atoms with Crippen LogP contribution < -0.4 is 4.74 Å². The van der Waals surface area contributed by atoms with Crippen molar-refractivity contribution >= 4 is 23.2 Å². The van der Waals surface area contributed by atoms with Crippen molar-refractivity contribution in [3.05, 3.63) is 58.1 Å². The molecule has 1 nitrogen and oxygen atoms in total. The van der Waals surface area contributed by atoms with Gasteiger partial charge in [-0.3, -0.25) is 0 Å². The molecule has 0 spiro atoms. The van der Waals surface area contributed by atoms with Gasteiger partial charge < -0.3 is 4.74 Å². The zero-order chi connectivity index (χ0) is 14.7. The van der Waals surface area contributed by atoms with Gasteiger partial charge in [0.05, 0.1) is 5.88 Å². The molecule has 2 aromatic rings. The van der Waals surface area contributed by atoms with Gasteiger partial charge in [0.15, 0.2) is 0 Å². The lowest BCUT2D eigenvalue weighted by atomic mass is 10.0. The van der Waals surface area contributed by atoms with Gasteiger partial charge in [-0.25, -0.2) is 0 Å². The Labute approximate surface area is 130 Å². The summed E-state index contributed by atoms with van der Waals surface area (Å²) in [4.78, 5) is 0. The van der Waals surface area contributed by atoms with Gasteiger partial charge in [-0.1, -0.05) is 43.6 Å². The second kappa shape index (κ2) is 6.51. The van der Waals surface area contributed by atoms with E-state index >= 15 is 0 Å². The minimum absolute atomic E-state index is 0.331. The normalized spacial score (nSPS) is 10.9. The Kier molecular flexibility index (Phi) is 4.95. The first kappa shape index (κ1) is 15.2. The van der Waals surface area contributed by atoms with Gasteiger partial charge in [-0.2, -0.15) is 0 Å². The lowest BCUT2D eigenvalue weighted by Gasteiger charge is -2.15. The molecule has 0 fully saturated rings. The first-order valence-electron chi connectivity index (χ1n) is 6.64. The minimum Gasteiger partial charge on any atom is -0.457 e. The van der Waals surface area contributed by atoms with E-state index in [2.05, 4.69) is 32.0 Å². The molecule has 0 saturated carbocycles. The van der Waals surface area contributed by atoms with Crippen LogP contribution in [0.3, 0.4) is 0 Å². The van der Waals surface area contributed by atoms with Gasteiger partial charge in [0.25, 0.3) is 0 Å². The van der Waals surface area contributed by atoms with Crippen molar-refractivity contribution < 1.29 is 4.74 Å². The van der Waals surface area contributed by atoms with Crippen molar-refractivity contribution in [2.24, 2.45) is 0 Å². The fourth-order valence-electron chi connectivity index (χ4n) is 1.97. The van der Waals surface area contributed by atoms with Crippen LogP contribution >= 0.6 is 23.2 Å². The van der Waals surface area contributed by atoms with Crippen molar-refractivity contribution in [3.8, 4) is 11.5 Å². The summed E-state index contributed by atoms with van der Waals surface area (Å²) in [6.45, 7) is 6.36. The maximum absolute atomic E-state index is 6.15. The summed E-state index contributed by atoms with van der Waals surface area (Å²) in [5, 5.41) is 0.634. The summed E-state index contributed by atoms with van der Waals surface area (Å²) in [5.74, 6) is 2.36. The Morgan fingerprint density at radius 2 is 1.85 bits per heavy atom. The van der Waals surface area contributed by atoms with Gasteiger partial charge in [-0.15, -0.1) is 11.6 Å². The summed E-state index contributed by atoms with van der Waals surface area (Å²) < 4.78 is 6.03. The van der Waals surface area contributed by atoms with Crippen LogP contribution in [0.15, 0.2) is 36.4 Å². The molecule has 106 valence electrons. The van der Waals surface area contributed by atoms with E-state index in [0.717, 1.165) is 22.6 Å². The fourth-order valence-corrected chi connectivity index (χ4v) is 2.55. The van der Waals surface area contributed by atoms with Crippen molar-refractivity contribution in [1.82, 2.24) is 0 Å². The van der Waals surface area contributed by atoms with Gasteiger partial charge in [0.2, 0.25) is 0 Å². The van der Waals surface area contributed by atoms with Crippen LogP contribution in [0, 0.1) is 6.92 Å². The Morgan fingerprint density at radius 3 is 2.50 bits per heavy atom. The molecule has 0 bridgehead atoms. The molecule has 0 aromatic heterocycles. The van der Waals surface area contributed by atoms with Crippen LogP contribution in [0.1, 0.15) is 36.5 Å². The number of hydrogen-bond acceptors (Lipinski definition) is 1. The molecular weight excluding hydrogens is 291 g/mol. The molecule has 2 rings (SSSR count). The first-order valence-corrected chi connectivity index (χ1v) is 7.56. The highest BCUT2D eigenvalue weighted by Gasteiger charge is 2.11. The molecule has 0 aliphatic rings. The van der Waals surface area contributed by atoms with Crippen LogP contribution in [0.2, 0.25) is 5.02 Å². The molecule has 0 amide bonds. The van der Waals surface area contributed by atoms with E-state index in [4.69, 9.17) is 27.9 Å². The quantitative estimate of drug-likeness (QED) is 0.602. The van der Waals surface area contributed by atoms with E-state index in [0.29, 0.717) is 16.8 Å². The Hall–Kier alpha value is -1.18. The Bertz CT molecular complexity index is 606. The summed E-state index contributed by atoms with van der Waals surface area (Å²) >= 11 is 12.1. The molecular formula is C17H18Cl2O. The van der Waals surface area contributed by atoms with Gasteiger partial charge in [-0.05, 0) is 42.2 Å². The van der Waals surface area contributed by atoms with Gasteiger partial charge >= 0.3 is 0 Å². The maximum Gasteiger partial charge on any atom is 0.133 e. The number of hydrogen-bond donors (Lipinski definition) is 0. The van der Waals surface area contributed by atoms with E-state index in [9.17, 15) is 0 Å².